The Hall–Kier alpha value is 1.12. The van der Waals surface area contributed by atoms with Gasteiger partial charge in [-0.3, -0.25) is 6.08 Å². The Bertz CT molecular complexity index is 195. The molecule has 0 saturated carbocycles. The monoisotopic (exact) mass is 287 g/mol. The van der Waals surface area contributed by atoms with Crippen molar-refractivity contribution >= 4 is 36.6 Å². The van der Waals surface area contributed by atoms with Crippen LogP contribution < -0.4 is 0 Å². The number of hydrogen-bond acceptors (Lipinski definition) is 1. The van der Waals surface area contributed by atoms with Crippen molar-refractivity contribution in [1.82, 2.24) is 0 Å². The van der Waals surface area contributed by atoms with E-state index in [1.807, 2.05) is 11.8 Å². The van der Waals surface area contributed by atoms with Gasteiger partial charge in [0.05, 0.1) is 0 Å². The number of thioether (sulfide) groups is 1. The van der Waals surface area contributed by atoms with Crippen LogP contribution in [0.2, 0.25) is 0 Å². The second-order valence-electron chi connectivity index (χ2n) is 3.71. The van der Waals surface area contributed by atoms with Crippen molar-refractivity contribution in [3.63, 3.8) is 0 Å². The molecular weight excluding hydrogens is 271 g/mol. The number of hydrogen-bond donors (Lipinski definition) is 0. The quantitative estimate of drug-likeness (QED) is 0.545. The largest absolute Gasteiger partial charge is 0.269 e. The van der Waals surface area contributed by atoms with Gasteiger partial charge in [-0.05, 0) is 5.75 Å². The fourth-order valence-corrected chi connectivity index (χ4v) is 1.63. The summed E-state index contributed by atoms with van der Waals surface area (Å²) in [5.41, 5.74) is 1.37. The van der Waals surface area contributed by atoms with E-state index in [2.05, 4.69) is 39.0 Å². The van der Waals surface area contributed by atoms with Crippen LogP contribution in [0.3, 0.4) is 0 Å². The number of rotatable bonds is 2. The Morgan fingerprint density at radius 2 is 1.93 bits per heavy atom. The zero-order chi connectivity index (χ0) is 8.32. The van der Waals surface area contributed by atoms with E-state index in [4.69, 9.17) is 0 Å². The Labute approximate surface area is 119 Å². The first kappa shape index (κ1) is 20.5. The Balaban J connectivity index is -0.000000403. The summed E-state index contributed by atoms with van der Waals surface area (Å²) in [6.07, 6.45) is 8.67. The van der Waals surface area contributed by atoms with Gasteiger partial charge < -0.3 is 0 Å². The molecule has 0 aromatic carbocycles. The molecule has 0 unspecified atom stereocenters. The van der Waals surface area contributed by atoms with Gasteiger partial charge in [0.15, 0.2) is 0 Å². The van der Waals surface area contributed by atoms with Gasteiger partial charge in [0.25, 0.3) is 0 Å². The molecule has 4 heteroatoms. The summed E-state index contributed by atoms with van der Waals surface area (Å²) >= 11 is 1.98. The zero-order valence-corrected chi connectivity index (χ0v) is 12.8. The SMILES string of the molecule is CC(C)(C)SCC1=[C-]CC=C1.Cl.Cl.[Ti]. The van der Waals surface area contributed by atoms with Crippen LogP contribution in [0.4, 0.5) is 0 Å². The number of allylic oxidation sites excluding steroid dienone is 3. The van der Waals surface area contributed by atoms with E-state index in [1.54, 1.807) is 0 Å². The maximum atomic E-state index is 3.31. The molecule has 0 N–H and O–H groups in total. The zero-order valence-electron chi connectivity index (χ0n) is 8.79. The smallest absolute Gasteiger partial charge is 0.00773 e. The molecule has 0 spiro atoms. The standard InChI is InChI=1S/C10H15S.2ClH.Ti/c1-10(2,3)11-8-9-6-4-5-7-9;;;/h4,6H,5,8H2,1-3H3;2*1H;/q-1;;;. The van der Waals surface area contributed by atoms with E-state index in [0.717, 1.165) is 12.2 Å². The van der Waals surface area contributed by atoms with Crippen LogP contribution in [-0.4, -0.2) is 10.5 Å². The summed E-state index contributed by atoms with van der Waals surface area (Å²) in [5.74, 6) is 1.11. The number of halogens is 2. The fraction of sp³-hybridized carbons (Fsp3) is 0.600. The first-order chi connectivity index (χ1) is 5.08. The van der Waals surface area contributed by atoms with E-state index in [9.17, 15) is 0 Å². The van der Waals surface area contributed by atoms with Crippen LogP contribution in [0.25, 0.3) is 0 Å². The molecule has 0 aliphatic heterocycles. The third-order valence-corrected chi connectivity index (χ3v) is 2.75. The van der Waals surface area contributed by atoms with Crippen LogP contribution >= 0.6 is 36.6 Å². The van der Waals surface area contributed by atoms with E-state index in [0.29, 0.717) is 4.75 Å². The topological polar surface area (TPSA) is 0 Å². The molecule has 0 nitrogen and oxygen atoms in total. The predicted molar refractivity (Wildman–Crippen MR) is 67.2 cm³/mol. The molecule has 0 radical (unpaired) electrons. The molecule has 14 heavy (non-hydrogen) atoms. The molecule has 0 atom stereocenters. The van der Waals surface area contributed by atoms with Crippen LogP contribution in [0, 0.1) is 6.08 Å². The molecule has 0 bridgehead atoms. The van der Waals surface area contributed by atoms with Crippen molar-refractivity contribution in [1.29, 1.82) is 0 Å². The Kier molecular flexibility index (Phi) is 13.7. The minimum Gasteiger partial charge on any atom is -0.269 e. The minimum absolute atomic E-state index is 0. The minimum atomic E-state index is 0. The fourth-order valence-electron chi connectivity index (χ4n) is 0.844. The molecular formula is C10H17Cl2STi-. The van der Waals surface area contributed by atoms with Gasteiger partial charge in [0.1, 0.15) is 0 Å². The molecule has 0 aromatic heterocycles. The van der Waals surface area contributed by atoms with Crippen LogP contribution in [-0.2, 0) is 21.7 Å². The van der Waals surface area contributed by atoms with Crippen LogP contribution in [0.5, 0.6) is 0 Å². The normalized spacial score (nSPS) is 13.5. The van der Waals surface area contributed by atoms with Gasteiger partial charge in [0.2, 0.25) is 0 Å². The molecule has 1 rings (SSSR count). The summed E-state index contributed by atoms with van der Waals surface area (Å²) in [7, 11) is 0. The van der Waals surface area contributed by atoms with Gasteiger partial charge in [0, 0.05) is 26.5 Å². The van der Waals surface area contributed by atoms with Crippen molar-refractivity contribution in [2.75, 3.05) is 5.75 Å². The predicted octanol–water partition coefficient (Wildman–Crippen LogP) is 4.05. The summed E-state index contributed by atoms with van der Waals surface area (Å²) in [6, 6.07) is 0. The molecule has 0 aromatic rings. The molecule has 0 fully saturated rings. The molecule has 1 aliphatic rings. The third kappa shape index (κ3) is 9.67. The second kappa shape index (κ2) is 9.36. The van der Waals surface area contributed by atoms with E-state index in [-0.39, 0.29) is 46.5 Å². The van der Waals surface area contributed by atoms with E-state index < -0.39 is 0 Å². The average Bonchev–Trinajstić information content (AvgIpc) is 2.32. The Morgan fingerprint density at radius 1 is 1.36 bits per heavy atom. The van der Waals surface area contributed by atoms with Gasteiger partial charge >= 0.3 is 0 Å². The van der Waals surface area contributed by atoms with Crippen molar-refractivity contribution in [2.24, 2.45) is 0 Å². The molecule has 0 saturated heterocycles. The van der Waals surface area contributed by atoms with Gasteiger partial charge in [-0.1, -0.05) is 20.8 Å². The van der Waals surface area contributed by atoms with Crippen LogP contribution in [0.1, 0.15) is 27.2 Å². The molecule has 0 heterocycles. The molecule has 82 valence electrons. The first-order valence-electron chi connectivity index (χ1n) is 3.98. The van der Waals surface area contributed by atoms with E-state index >= 15 is 0 Å². The van der Waals surface area contributed by atoms with Gasteiger partial charge in [-0.2, -0.15) is 17.8 Å². The Morgan fingerprint density at radius 3 is 2.29 bits per heavy atom. The first-order valence-corrected chi connectivity index (χ1v) is 4.97. The van der Waals surface area contributed by atoms with Crippen molar-refractivity contribution in [3.05, 3.63) is 23.8 Å². The summed E-state index contributed by atoms with van der Waals surface area (Å²) in [6.45, 7) is 6.74. The van der Waals surface area contributed by atoms with Crippen molar-refractivity contribution in [2.45, 2.75) is 31.9 Å². The average molecular weight is 288 g/mol. The summed E-state index contributed by atoms with van der Waals surface area (Å²) in [4.78, 5) is 0. The summed E-state index contributed by atoms with van der Waals surface area (Å²) in [5, 5.41) is 0. The van der Waals surface area contributed by atoms with Gasteiger partial charge in [-0.25, -0.2) is 11.6 Å². The molecule has 1 aliphatic carbocycles. The van der Waals surface area contributed by atoms with E-state index in [1.165, 1.54) is 5.57 Å². The molecule has 0 amide bonds. The third-order valence-electron chi connectivity index (χ3n) is 1.43. The maximum Gasteiger partial charge on any atom is 0.00773 e. The van der Waals surface area contributed by atoms with Crippen LogP contribution in [0.15, 0.2) is 17.7 Å². The summed E-state index contributed by atoms with van der Waals surface area (Å²) < 4.78 is 0.380. The van der Waals surface area contributed by atoms with Gasteiger partial charge in [-0.15, -0.1) is 31.2 Å². The van der Waals surface area contributed by atoms with Crippen molar-refractivity contribution in [3.8, 4) is 0 Å². The van der Waals surface area contributed by atoms with Crippen molar-refractivity contribution < 1.29 is 21.7 Å². The maximum absolute atomic E-state index is 3.31. The second-order valence-corrected chi connectivity index (χ2v) is 5.51.